The number of aryl methyl sites for hydroxylation is 3. The van der Waals surface area contributed by atoms with Crippen LogP contribution in [0.5, 0.6) is 0 Å². The summed E-state index contributed by atoms with van der Waals surface area (Å²) in [7, 11) is 0. The van der Waals surface area contributed by atoms with Gasteiger partial charge in [-0.3, -0.25) is 0 Å². The molecular weight excluding hydrogens is 430 g/mol. The van der Waals surface area contributed by atoms with Crippen molar-refractivity contribution in [3.63, 3.8) is 0 Å². The van der Waals surface area contributed by atoms with Crippen molar-refractivity contribution in [2.24, 2.45) is 0 Å². The smallest absolute Gasteiger partial charge is 0.146 e. The van der Waals surface area contributed by atoms with Gasteiger partial charge in [-0.2, -0.15) is 0 Å². The van der Waals surface area contributed by atoms with Crippen molar-refractivity contribution in [2.45, 2.75) is 46.0 Å². The molecule has 3 aromatic heterocycles. The second kappa shape index (κ2) is 8.17. The summed E-state index contributed by atoms with van der Waals surface area (Å²) in [5, 5.41) is 16.5. The Morgan fingerprint density at radius 1 is 0.514 bits per heavy atom. The van der Waals surface area contributed by atoms with Crippen molar-refractivity contribution in [3.05, 3.63) is 108 Å². The average Bonchev–Trinajstić information content (AvgIpc) is 3.60. The highest BCUT2D eigenvalue weighted by Crippen LogP contribution is 2.46. The first-order chi connectivity index (χ1) is 17.1. The van der Waals surface area contributed by atoms with Gasteiger partial charge < -0.3 is 18.8 Å². The van der Waals surface area contributed by atoms with Crippen molar-refractivity contribution in [1.82, 2.24) is 13.7 Å². The van der Waals surface area contributed by atoms with Crippen molar-refractivity contribution in [3.8, 4) is 0 Å². The number of para-hydroxylation sites is 3. The maximum atomic E-state index is 13.2. The maximum Gasteiger partial charge on any atom is 0.146 e. The first-order valence-electron chi connectivity index (χ1n) is 12.6. The van der Waals surface area contributed by atoms with Crippen LogP contribution >= 0.6 is 0 Å². The fraction of sp³-hybridized carbons (Fsp3) is 0.226. The van der Waals surface area contributed by atoms with Gasteiger partial charge in [0.25, 0.3) is 0 Å². The molecule has 1 N–H and O–H groups in total. The lowest BCUT2D eigenvalue weighted by Gasteiger charge is -2.28. The lowest BCUT2D eigenvalue weighted by Crippen LogP contribution is -2.28. The van der Waals surface area contributed by atoms with Crippen LogP contribution in [0.1, 0.15) is 37.5 Å². The normalized spacial score (nSPS) is 12.3. The summed E-state index contributed by atoms with van der Waals surface area (Å²) in [6, 6.07) is 25.3. The topological polar surface area (TPSA) is 35.0 Å². The molecule has 0 aliphatic heterocycles. The Hall–Kier alpha value is -3.76. The maximum absolute atomic E-state index is 13.2. The van der Waals surface area contributed by atoms with Gasteiger partial charge in [0.05, 0.1) is 0 Å². The molecule has 0 saturated carbocycles. The molecule has 176 valence electrons. The minimum absolute atomic E-state index is 0.837. The molecule has 3 aromatic carbocycles. The van der Waals surface area contributed by atoms with E-state index in [0.29, 0.717) is 0 Å². The Labute approximate surface area is 205 Å². The van der Waals surface area contributed by atoms with Gasteiger partial charge in [-0.25, -0.2) is 0 Å². The molecule has 0 unspecified atom stereocenters. The van der Waals surface area contributed by atoms with E-state index in [1.807, 2.05) is 0 Å². The lowest BCUT2D eigenvalue weighted by molar-refractivity contribution is 0.130. The van der Waals surface area contributed by atoms with Crippen LogP contribution in [0.2, 0.25) is 0 Å². The van der Waals surface area contributed by atoms with Gasteiger partial charge in [0.1, 0.15) is 5.60 Å². The molecule has 0 aliphatic carbocycles. The highest BCUT2D eigenvalue weighted by atomic mass is 16.3. The van der Waals surface area contributed by atoms with Crippen molar-refractivity contribution in [2.75, 3.05) is 0 Å². The number of aromatic nitrogens is 3. The van der Waals surface area contributed by atoms with Crippen molar-refractivity contribution < 1.29 is 5.11 Å². The number of hydrogen-bond donors (Lipinski definition) is 1. The molecule has 6 aromatic rings. The summed E-state index contributed by atoms with van der Waals surface area (Å²) >= 11 is 0. The summed E-state index contributed by atoms with van der Waals surface area (Å²) in [5.41, 5.74) is 4.86. The van der Waals surface area contributed by atoms with Crippen LogP contribution in [0.25, 0.3) is 32.7 Å². The van der Waals surface area contributed by atoms with Crippen LogP contribution in [0, 0.1) is 0 Å². The van der Waals surface area contributed by atoms with E-state index < -0.39 is 5.60 Å². The molecule has 3 heterocycles. The molecule has 0 spiro atoms. The molecule has 0 aliphatic rings. The van der Waals surface area contributed by atoms with Gasteiger partial charge in [-0.1, -0.05) is 54.6 Å². The van der Waals surface area contributed by atoms with E-state index in [9.17, 15) is 5.11 Å². The average molecular weight is 462 g/mol. The molecule has 35 heavy (non-hydrogen) atoms. The Morgan fingerprint density at radius 2 is 0.800 bits per heavy atom. The quantitative estimate of drug-likeness (QED) is 0.288. The van der Waals surface area contributed by atoms with E-state index >= 15 is 0 Å². The Morgan fingerprint density at radius 3 is 1.09 bits per heavy atom. The molecule has 4 nitrogen and oxygen atoms in total. The number of nitrogens with zero attached hydrogens (tertiary/aromatic N) is 3. The van der Waals surface area contributed by atoms with Gasteiger partial charge in [0.2, 0.25) is 0 Å². The number of rotatable bonds is 6. The van der Waals surface area contributed by atoms with Gasteiger partial charge >= 0.3 is 0 Å². The fourth-order valence-corrected chi connectivity index (χ4v) is 5.83. The Balaban J connectivity index is 1.79. The predicted molar refractivity (Wildman–Crippen MR) is 145 cm³/mol. The first-order valence-corrected chi connectivity index (χ1v) is 12.6. The fourth-order valence-electron chi connectivity index (χ4n) is 5.83. The number of fused-ring (bicyclic) bond motifs is 3. The predicted octanol–water partition coefficient (Wildman–Crippen LogP) is 6.89. The highest BCUT2D eigenvalue weighted by Gasteiger charge is 2.41. The van der Waals surface area contributed by atoms with E-state index in [1.54, 1.807) is 0 Å². The van der Waals surface area contributed by atoms with E-state index in [2.05, 4.69) is 126 Å². The van der Waals surface area contributed by atoms with Gasteiger partial charge in [0, 0.05) is 87.6 Å². The molecule has 0 amide bonds. The third-order valence-electron chi connectivity index (χ3n) is 7.56. The summed E-state index contributed by atoms with van der Waals surface area (Å²) in [5.74, 6) is 0. The molecule has 0 bridgehead atoms. The zero-order valence-corrected chi connectivity index (χ0v) is 20.6. The van der Waals surface area contributed by atoms with Gasteiger partial charge in [0.15, 0.2) is 0 Å². The molecule has 6 rings (SSSR count). The Bertz CT molecular complexity index is 1480. The Kier molecular flexibility index (Phi) is 5.08. The molecule has 0 radical (unpaired) electrons. The zero-order valence-electron chi connectivity index (χ0n) is 20.6. The molecule has 0 saturated heterocycles. The monoisotopic (exact) mass is 461 g/mol. The number of aliphatic hydroxyl groups is 1. The van der Waals surface area contributed by atoms with E-state index in [-0.39, 0.29) is 0 Å². The molecule has 0 atom stereocenters. The molecule has 4 heteroatoms. The minimum atomic E-state index is -1.33. The molecular formula is C31H31N3O. The first kappa shape index (κ1) is 21.8. The van der Waals surface area contributed by atoms with Crippen LogP contribution in [0.3, 0.4) is 0 Å². The number of hydrogen-bond acceptors (Lipinski definition) is 1. The van der Waals surface area contributed by atoms with Crippen LogP contribution in [0.15, 0.2) is 91.4 Å². The van der Waals surface area contributed by atoms with E-state index in [4.69, 9.17) is 0 Å². The van der Waals surface area contributed by atoms with E-state index in [0.717, 1.165) is 69.0 Å². The SMILES string of the molecule is CCn1cc(C(O)(c2cn(CC)c3ccccc23)c2cn(CC)c3ccccc23)c2ccccc21. The summed E-state index contributed by atoms with van der Waals surface area (Å²) < 4.78 is 6.73. The third-order valence-corrected chi connectivity index (χ3v) is 7.56. The van der Waals surface area contributed by atoms with Crippen molar-refractivity contribution >= 4 is 32.7 Å². The van der Waals surface area contributed by atoms with Crippen LogP contribution in [-0.4, -0.2) is 18.8 Å². The van der Waals surface area contributed by atoms with Gasteiger partial charge in [-0.05, 0) is 39.0 Å². The largest absolute Gasteiger partial charge is 0.376 e. The zero-order chi connectivity index (χ0) is 24.2. The molecule has 0 fully saturated rings. The van der Waals surface area contributed by atoms with E-state index in [1.165, 1.54) is 0 Å². The standard InChI is InChI=1S/C31H31N3O/c1-4-32-19-25(22-13-7-10-16-28(22)32)31(35,26-20-33(5-2)29-17-11-8-14-23(26)29)27-21-34(6-3)30-18-12-9-15-24(27)30/h7-21,35H,4-6H2,1-3H3. The third kappa shape index (κ3) is 3.03. The van der Waals surface area contributed by atoms with Crippen LogP contribution < -0.4 is 0 Å². The lowest BCUT2D eigenvalue weighted by atomic mass is 9.80. The second-order valence-electron chi connectivity index (χ2n) is 9.25. The minimum Gasteiger partial charge on any atom is -0.376 e. The summed E-state index contributed by atoms with van der Waals surface area (Å²) in [4.78, 5) is 0. The second-order valence-corrected chi connectivity index (χ2v) is 9.25. The summed E-state index contributed by atoms with van der Waals surface area (Å²) in [6.45, 7) is 8.97. The number of benzene rings is 3. The highest BCUT2D eigenvalue weighted by molar-refractivity contribution is 5.94. The van der Waals surface area contributed by atoms with Crippen LogP contribution in [0.4, 0.5) is 0 Å². The van der Waals surface area contributed by atoms with Crippen molar-refractivity contribution in [1.29, 1.82) is 0 Å². The summed E-state index contributed by atoms with van der Waals surface area (Å²) in [6.07, 6.45) is 6.46. The van der Waals surface area contributed by atoms with Crippen LogP contribution in [-0.2, 0) is 25.2 Å². The van der Waals surface area contributed by atoms with Gasteiger partial charge in [-0.15, -0.1) is 0 Å².